The second kappa shape index (κ2) is 17.3. The predicted octanol–water partition coefficient (Wildman–Crippen LogP) is 20.2. The van der Waals surface area contributed by atoms with Crippen molar-refractivity contribution in [2.24, 2.45) is 0 Å². The second-order valence-corrected chi connectivity index (χ2v) is 21.9. The van der Waals surface area contributed by atoms with Crippen LogP contribution in [0.1, 0.15) is 5.56 Å². The van der Waals surface area contributed by atoms with E-state index in [0.29, 0.717) is 28.3 Å². The summed E-state index contributed by atoms with van der Waals surface area (Å²) in [6.07, 6.45) is 0. The van der Waals surface area contributed by atoms with Crippen molar-refractivity contribution in [1.29, 1.82) is 5.26 Å². The summed E-state index contributed by atoms with van der Waals surface area (Å²) >= 11 is 1.79. The van der Waals surface area contributed by atoms with Crippen molar-refractivity contribution in [2.75, 3.05) is 0 Å². The molecule has 0 atom stereocenters. The van der Waals surface area contributed by atoms with E-state index in [1.165, 1.54) is 10.1 Å². The molecule has 17 aromatic rings. The number of rotatable bonds is 6. The first kappa shape index (κ1) is 45.1. The molecule has 0 aliphatic carbocycles. The Labute approximate surface area is 468 Å². The number of fused-ring (bicyclic) bond motifs is 16. The molecule has 17 rings (SSSR count). The topological polar surface area (TPSA) is 47.9 Å². The minimum atomic E-state index is 0.357. The van der Waals surface area contributed by atoms with Gasteiger partial charge in [-0.05, 0) is 76.9 Å². The van der Waals surface area contributed by atoms with Gasteiger partial charge in [-0.2, -0.15) is 5.26 Å². The lowest BCUT2D eigenvalue weighted by molar-refractivity contribution is 1.03. The Morgan fingerprint density at radius 2 is 0.753 bits per heavy atom. The quantitative estimate of drug-likeness (QED) is 0.153. The van der Waals surface area contributed by atoms with Crippen LogP contribution in [0.15, 0.2) is 255 Å². The van der Waals surface area contributed by atoms with E-state index in [-0.39, 0.29) is 0 Å². The van der Waals surface area contributed by atoms with Gasteiger partial charge >= 0.3 is 0 Å². The Bertz CT molecular complexity index is 5320. The highest BCUT2D eigenvalue weighted by molar-refractivity contribution is 7.26. The van der Waals surface area contributed by atoms with E-state index in [1.54, 1.807) is 11.3 Å². The van der Waals surface area contributed by atoms with Crippen LogP contribution in [0.5, 0.6) is 0 Å². The molecule has 81 heavy (non-hydrogen) atoms. The molecule has 0 fully saturated rings. The lowest BCUT2D eigenvalue weighted by atomic mass is 9.94. The number of hydrogen-bond donors (Lipinski definition) is 0. The fourth-order valence-electron chi connectivity index (χ4n) is 13.5. The molecule has 0 N–H and O–H groups in total. The SMILES string of the molecule is [C-]#[N+]c1c(-n2c3ccccc3c3ccccc32)c(C#N)c(-n2c3ccccc3c3ccccc32)c(-n2c3ccc(-c4ccccc4-c4ccccc4)cc3c3ccc4c5ccccc5sc4c32)c1-n1c2ccccc2c2ccccc21. The first-order chi connectivity index (χ1) is 40.2. The lowest BCUT2D eigenvalue weighted by Crippen LogP contribution is -2.14. The van der Waals surface area contributed by atoms with Gasteiger partial charge in [-0.25, -0.2) is 4.85 Å². The van der Waals surface area contributed by atoms with Gasteiger partial charge < -0.3 is 18.3 Å². The summed E-state index contributed by atoms with van der Waals surface area (Å²) in [4.78, 5) is 4.82. The van der Waals surface area contributed by atoms with Crippen LogP contribution in [0.3, 0.4) is 0 Å². The summed E-state index contributed by atoms with van der Waals surface area (Å²) in [6.45, 7) is 9.88. The molecule has 0 amide bonds. The maximum Gasteiger partial charge on any atom is 0.237 e. The van der Waals surface area contributed by atoms with Crippen molar-refractivity contribution in [3.63, 3.8) is 0 Å². The van der Waals surface area contributed by atoms with Gasteiger partial charge in [0.25, 0.3) is 0 Å². The fourth-order valence-corrected chi connectivity index (χ4v) is 14.8. The number of hydrogen-bond acceptors (Lipinski definition) is 2. The fraction of sp³-hybridized carbons (Fsp3) is 0. The molecule has 0 radical (unpaired) electrons. The molecule has 0 saturated heterocycles. The minimum Gasteiger partial charge on any atom is -0.318 e. The van der Waals surface area contributed by atoms with Gasteiger partial charge in [0.15, 0.2) is 0 Å². The molecule has 374 valence electrons. The third kappa shape index (κ3) is 6.24. The molecule has 0 saturated carbocycles. The van der Waals surface area contributed by atoms with Crippen molar-refractivity contribution >= 4 is 124 Å². The van der Waals surface area contributed by atoms with Gasteiger partial charge in [0.05, 0.1) is 83.7 Å². The van der Waals surface area contributed by atoms with E-state index in [0.717, 1.165) is 125 Å². The molecule has 5 aromatic heterocycles. The molecule has 5 heterocycles. The van der Waals surface area contributed by atoms with E-state index < -0.39 is 0 Å². The van der Waals surface area contributed by atoms with E-state index in [1.807, 2.05) is 0 Å². The Hall–Kier alpha value is -11.0. The number of para-hydroxylation sites is 6. The number of nitrogens with zero attached hydrogens (tertiary/aromatic N) is 6. The third-order valence-corrected chi connectivity index (χ3v) is 18.0. The summed E-state index contributed by atoms with van der Waals surface area (Å²) < 4.78 is 11.6. The zero-order valence-corrected chi connectivity index (χ0v) is 44.2. The summed E-state index contributed by atoms with van der Waals surface area (Å²) in [6, 6.07) is 93.4. The monoisotopic (exact) mass is 1050 g/mol. The molecular formula is C74H42N6S. The molecule has 7 heteroatoms. The summed E-state index contributed by atoms with van der Waals surface area (Å²) in [5.74, 6) is 0. The van der Waals surface area contributed by atoms with Gasteiger partial charge in [-0.3, -0.25) is 0 Å². The highest BCUT2D eigenvalue weighted by atomic mass is 32.1. The molecule has 6 nitrogen and oxygen atoms in total. The van der Waals surface area contributed by atoms with Crippen LogP contribution < -0.4 is 0 Å². The summed E-state index contributed by atoms with van der Waals surface area (Å²) in [7, 11) is 0. The molecule has 0 aliphatic heterocycles. The average Bonchev–Trinajstić information content (AvgIpc) is 3.22. The highest BCUT2D eigenvalue weighted by Crippen LogP contribution is 2.53. The van der Waals surface area contributed by atoms with Gasteiger partial charge in [-0.1, -0.05) is 200 Å². The average molecular weight is 1050 g/mol. The van der Waals surface area contributed by atoms with Crippen molar-refractivity contribution in [2.45, 2.75) is 0 Å². The first-order valence-electron chi connectivity index (χ1n) is 27.2. The molecule has 0 bridgehead atoms. The largest absolute Gasteiger partial charge is 0.318 e. The number of aromatic nitrogens is 4. The Kier molecular flexibility index (Phi) is 9.62. The van der Waals surface area contributed by atoms with Crippen LogP contribution in [-0.4, -0.2) is 18.3 Å². The number of benzene rings is 12. The maximum atomic E-state index is 12.7. The highest BCUT2D eigenvalue weighted by Gasteiger charge is 2.35. The van der Waals surface area contributed by atoms with E-state index in [2.05, 4.69) is 279 Å². The Morgan fingerprint density at radius 3 is 1.27 bits per heavy atom. The second-order valence-electron chi connectivity index (χ2n) is 20.9. The van der Waals surface area contributed by atoms with Crippen LogP contribution in [0, 0.1) is 17.9 Å². The number of nitriles is 1. The number of thiophene rings is 1. The normalized spacial score (nSPS) is 11.9. The third-order valence-electron chi connectivity index (χ3n) is 16.8. The zero-order valence-electron chi connectivity index (χ0n) is 43.3. The van der Waals surface area contributed by atoms with Gasteiger partial charge in [0, 0.05) is 58.6 Å². The van der Waals surface area contributed by atoms with Crippen molar-refractivity contribution in [1.82, 2.24) is 18.3 Å². The Morgan fingerprint density at radius 1 is 0.333 bits per heavy atom. The van der Waals surface area contributed by atoms with Crippen LogP contribution in [0.25, 0.3) is 157 Å². The Balaban J connectivity index is 1.17. The standard InChI is InChI=1S/C74H42N6S/c1-76-68-69(77-60-32-14-7-25-49(60)50-26-8-15-33-61(50)77)59(44-75)70(78-62-34-16-9-27-51(62)52-28-10-17-35-63(52)78)73(72(68)79-64-36-18-11-29-53(64)54-30-12-19-37-65(54)79)80-66-42-39-46(48-24-6-5-23-47(48)45-21-3-2-4-22-45)43-58(66)56-40-41-57-55-31-13-20-38-67(55)81-74(57)71(56)80/h2-43H. The van der Waals surface area contributed by atoms with E-state index >= 15 is 0 Å². The molecule has 0 spiro atoms. The molecule has 0 unspecified atom stereocenters. The summed E-state index contributed by atoms with van der Waals surface area (Å²) in [5, 5.41) is 23.4. The van der Waals surface area contributed by atoms with Crippen LogP contribution in [0.2, 0.25) is 0 Å². The van der Waals surface area contributed by atoms with Crippen LogP contribution in [-0.2, 0) is 0 Å². The summed E-state index contributed by atoms with van der Waals surface area (Å²) in [5.41, 5.74) is 15.4. The van der Waals surface area contributed by atoms with Crippen molar-refractivity contribution < 1.29 is 0 Å². The molecule has 0 aliphatic rings. The maximum absolute atomic E-state index is 12.7. The van der Waals surface area contributed by atoms with Gasteiger partial charge in [-0.15, -0.1) is 11.3 Å². The lowest BCUT2D eigenvalue weighted by Gasteiger charge is -2.27. The minimum absolute atomic E-state index is 0.357. The predicted molar refractivity (Wildman–Crippen MR) is 339 cm³/mol. The molecular weight excluding hydrogens is 1000 g/mol. The van der Waals surface area contributed by atoms with Crippen molar-refractivity contribution in [3.8, 4) is 51.1 Å². The molecule has 12 aromatic carbocycles. The van der Waals surface area contributed by atoms with Gasteiger partial charge in [0.1, 0.15) is 6.07 Å². The zero-order chi connectivity index (χ0) is 53.4. The van der Waals surface area contributed by atoms with Crippen molar-refractivity contribution in [3.05, 3.63) is 272 Å². The van der Waals surface area contributed by atoms with E-state index in [9.17, 15) is 11.8 Å². The first-order valence-corrected chi connectivity index (χ1v) is 28.0. The van der Waals surface area contributed by atoms with E-state index in [4.69, 9.17) is 4.85 Å². The van der Waals surface area contributed by atoms with Gasteiger partial charge in [0.2, 0.25) is 5.69 Å². The van der Waals surface area contributed by atoms with Crippen LogP contribution in [0.4, 0.5) is 5.69 Å². The van der Waals surface area contributed by atoms with Crippen LogP contribution >= 0.6 is 11.3 Å². The smallest absolute Gasteiger partial charge is 0.237 e.